The fourth-order valence-corrected chi connectivity index (χ4v) is 3.02. The number of fused-ring (bicyclic) bond motifs is 1. The van der Waals surface area contributed by atoms with Crippen molar-refractivity contribution in [2.24, 2.45) is 0 Å². The third-order valence-electron chi connectivity index (χ3n) is 4.07. The summed E-state index contributed by atoms with van der Waals surface area (Å²) in [6.45, 7) is 3.62. The van der Waals surface area contributed by atoms with E-state index >= 15 is 0 Å². The van der Waals surface area contributed by atoms with E-state index in [1.165, 1.54) is 7.11 Å². The van der Waals surface area contributed by atoms with Crippen LogP contribution in [-0.4, -0.2) is 40.3 Å². The lowest BCUT2D eigenvalue weighted by Crippen LogP contribution is -2.53. The molecule has 0 aliphatic carbocycles. The van der Waals surface area contributed by atoms with Gasteiger partial charge < -0.3 is 14.6 Å². The first kappa shape index (κ1) is 18.3. The summed E-state index contributed by atoms with van der Waals surface area (Å²) in [5.74, 6) is 0.868. The first-order valence-corrected chi connectivity index (χ1v) is 9.17. The minimum Gasteiger partial charge on any atom is -0.467 e. The predicted molar refractivity (Wildman–Crippen MR) is 95.8 cm³/mol. The summed E-state index contributed by atoms with van der Waals surface area (Å²) in [6, 6.07) is 7.72. The molecule has 0 saturated heterocycles. The highest BCUT2D eigenvalue weighted by molar-refractivity contribution is 7.97. The number of carbonyl (C=O) groups excluding carboxylic acids is 2. The molecule has 0 unspecified atom stereocenters. The van der Waals surface area contributed by atoms with Crippen LogP contribution in [0.25, 0.3) is 11.0 Å². The Bertz CT molecular complexity index is 744. The fourth-order valence-electron chi connectivity index (χ4n) is 2.54. The van der Waals surface area contributed by atoms with Gasteiger partial charge in [-0.2, -0.15) is 11.8 Å². The average molecular weight is 349 g/mol. The number of ether oxygens (including phenoxy) is 1. The SMILES string of the molecule is CC[C@](C)(NC(=O)Cn1c(CSC)nc2ccccc21)C(=O)OC. The third kappa shape index (κ3) is 3.72. The predicted octanol–water partition coefficient (Wildman–Crippen LogP) is 2.36. The summed E-state index contributed by atoms with van der Waals surface area (Å²) in [4.78, 5) is 29.1. The van der Waals surface area contributed by atoms with E-state index in [2.05, 4.69) is 10.3 Å². The molecule has 6 nitrogen and oxygen atoms in total. The number of hydrogen-bond acceptors (Lipinski definition) is 5. The van der Waals surface area contributed by atoms with Crippen LogP contribution in [-0.2, 0) is 26.6 Å². The first-order valence-electron chi connectivity index (χ1n) is 7.77. The Hall–Kier alpha value is -2.02. The van der Waals surface area contributed by atoms with Gasteiger partial charge >= 0.3 is 5.97 Å². The average Bonchev–Trinajstić information content (AvgIpc) is 2.91. The van der Waals surface area contributed by atoms with Crippen LogP contribution in [0.1, 0.15) is 26.1 Å². The quantitative estimate of drug-likeness (QED) is 0.777. The minimum atomic E-state index is -1.03. The Morgan fingerprint density at radius 3 is 2.71 bits per heavy atom. The van der Waals surface area contributed by atoms with E-state index < -0.39 is 11.5 Å². The van der Waals surface area contributed by atoms with Crippen molar-refractivity contribution < 1.29 is 14.3 Å². The lowest BCUT2D eigenvalue weighted by molar-refractivity contribution is -0.150. The van der Waals surface area contributed by atoms with E-state index in [9.17, 15) is 9.59 Å². The summed E-state index contributed by atoms with van der Waals surface area (Å²) >= 11 is 1.65. The van der Waals surface area contributed by atoms with E-state index in [4.69, 9.17) is 4.74 Å². The van der Waals surface area contributed by atoms with Crippen LogP contribution < -0.4 is 5.32 Å². The molecule has 2 rings (SSSR count). The molecule has 0 saturated carbocycles. The van der Waals surface area contributed by atoms with Crippen molar-refractivity contribution in [3.63, 3.8) is 0 Å². The summed E-state index contributed by atoms with van der Waals surface area (Å²) in [6.07, 6.45) is 2.45. The molecule has 1 amide bonds. The highest BCUT2D eigenvalue weighted by Crippen LogP contribution is 2.19. The Morgan fingerprint density at radius 1 is 1.38 bits per heavy atom. The van der Waals surface area contributed by atoms with Crippen molar-refractivity contribution >= 4 is 34.7 Å². The second-order valence-corrected chi connectivity index (χ2v) is 6.63. The van der Waals surface area contributed by atoms with Gasteiger partial charge in [0.1, 0.15) is 17.9 Å². The zero-order valence-corrected chi connectivity index (χ0v) is 15.3. The number of imidazole rings is 1. The van der Waals surface area contributed by atoms with Crippen molar-refractivity contribution in [1.82, 2.24) is 14.9 Å². The number of nitrogens with one attached hydrogen (secondary N) is 1. The molecular weight excluding hydrogens is 326 g/mol. The van der Waals surface area contributed by atoms with E-state index in [0.29, 0.717) is 12.2 Å². The third-order valence-corrected chi connectivity index (χ3v) is 4.61. The molecule has 0 aliphatic heterocycles. The molecule has 1 atom stereocenters. The molecule has 0 bridgehead atoms. The van der Waals surface area contributed by atoms with E-state index in [1.807, 2.05) is 42.0 Å². The van der Waals surface area contributed by atoms with Gasteiger partial charge in [-0.3, -0.25) is 4.79 Å². The largest absolute Gasteiger partial charge is 0.467 e. The second-order valence-electron chi connectivity index (χ2n) is 5.76. The normalized spacial score (nSPS) is 13.5. The Morgan fingerprint density at radius 2 is 2.08 bits per heavy atom. The Labute approximate surface area is 146 Å². The lowest BCUT2D eigenvalue weighted by atomic mass is 9.99. The molecule has 0 aliphatic rings. The van der Waals surface area contributed by atoms with Crippen LogP contribution >= 0.6 is 11.8 Å². The summed E-state index contributed by atoms with van der Waals surface area (Å²) in [7, 11) is 1.32. The summed E-state index contributed by atoms with van der Waals surface area (Å²) < 4.78 is 6.70. The maximum atomic E-state index is 12.5. The number of aromatic nitrogens is 2. The number of esters is 1. The molecule has 0 fully saturated rings. The van der Waals surface area contributed by atoms with Crippen molar-refractivity contribution in [1.29, 1.82) is 0 Å². The van der Waals surface area contributed by atoms with Crippen molar-refractivity contribution in [3.05, 3.63) is 30.1 Å². The van der Waals surface area contributed by atoms with E-state index in [1.54, 1.807) is 18.7 Å². The maximum absolute atomic E-state index is 12.5. The first-order chi connectivity index (χ1) is 11.4. The maximum Gasteiger partial charge on any atom is 0.331 e. The summed E-state index contributed by atoms with van der Waals surface area (Å²) in [5.41, 5.74) is 0.746. The second kappa shape index (κ2) is 7.70. The smallest absolute Gasteiger partial charge is 0.331 e. The number of thioether (sulfide) groups is 1. The van der Waals surface area contributed by atoms with Crippen LogP contribution in [0.4, 0.5) is 0 Å². The van der Waals surface area contributed by atoms with Gasteiger partial charge in [-0.1, -0.05) is 19.1 Å². The molecule has 1 aromatic heterocycles. The van der Waals surface area contributed by atoms with Crippen LogP contribution in [0.5, 0.6) is 0 Å². The molecule has 24 heavy (non-hydrogen) atoms. The Kier molecular flexibility index (Phi) is 5.88. The number of carbonyl (C=O) groups is 2. The summed E-state index contributed by atoms with van der Waals surface area (Å²) in [5, 5.41) is 2.80. The van der Waals surface area contributed by atoms with Gasteiger partial charge in [-0.15, -0.1) is 0 Å². The molecule has 130 valence electrons. The van der Waals surface area contributed by atoms with Crippen molar-refractivity contribution in [2.45, 2.75) is 38.1 Å². The molecule has 0 radical (unpaired) electrons. The van der Waals surface area contributed by atoms with Crippen LogP contribution in [0.15, 0.2) is 24.3 Å². The number of rotatable bonds is 7. The standard InChI is InChI=1S/C17H23N3O3S/c1-5-17(2,16(22)23-3)19-15(21)10-20-13-9-7-6-8-12(13)18-14(20)11-24-4/h6-9H,5,10-11H2,1-4H3,(H,19,21)/t17-/m0/s1. The molecule has 1 heterocycles. The molecule has 2 aromatic rings. The zero-order valence-electron chi connectivity index (χ0n) is 14.5. The minimum absolute atomic E-state index is 0.114. The molecule has 1 N–H and O–H groups in total. The highest BCUT2D eigenvalue weighted by Gasteiger charge is 2.34. The fraction of sp³-hybridized carbons (Fsp3) is 0.471. The van der Waals surface area contributed by atoms with Crippen molar-refractivity contribution in [3.8, 4) is 0 Å². The number of benzene rings is 1. The van der Waals surface area contributed by atoms with Gasteiger partial charge in [0.2, 0.25) is 5.91 Å². The van der Waals surface area contributed by atoms with Gasteiger partial charge in [-0.25, -0.2) is 9.78 Å². The van der Waals surface area contributed by atoms with Gasteiger partial charge in [-0.05, 0) is 31.7 Å². The van der Waals surface area contributed by atoms with Crippen molar-refractivity contribution in [2.75, 3.05) is 13.4 Å². The number of hydrogen-bond donors (Lipinski definition) is 1. The monoisotopic (exact) mass is 349 g/mol. The van der Waals surface area contributed by atoms with Crippen LogP contribution in [0, 0.1) is 0 Å². The molecular formula is C17H23N3O3S. The van der Waals surface area contributed by atoms with E-state index in [0.717, 1.165) is 16.9 Å². The molecule has 7 heteroatoms. The number of amides is 1. The van der Waals surface area contributed by atoms with Crippen LogP contribution in [0.3, 0.4) is 0 Å². The molecule has 0 spiro atoms. The topological polar surface area (TPSA) is 73.2 Å². The Balaban J connectivity index is 2.27. The van der Waals surface area contributed by atoms with Gasteiger partial charge in [0.15, 0.2) is 0 Å². The van der Waals surface area contributed by atoms with Gasteiger partial charge in [0, 0.05) is 0 Å². The number of nitrogens with zero attached hydrogens (tertiary/aromatic N) is 2. The van der Waals surface area contributed by atoms with E-state index in [-0.39, 0.29) is 12.5 Å². The number of methoxy groups -OCH3 is 1. The highest BCUT2D eigenvalue weighted by atomic mass is 32.2. The van der Waals surface area contributed by atoms with Crippen LogP contribution in [0.2, 0.25) is 0 Å². The zero-order chi connectivity index (χ0) is 17.7. The lowest BCUT2D eigenvalue weighted by Gasteiger charge is -2.26. The molecule has 1 aromatic carbocycles. The number of para-hydroxylation sites is 2. The van der Waals surface area contributed by atoms with Gasteiger partial charge in [0.05, 0.1) is 23.9 Å². The van der Waals surface area contributed by atoms with Gasteiger partial charge in [0.25, 0.3) is 0 Å².